The highest BCUT2D eigenvalue weighted by molar-refractivity contribution is 6.02. The van der Waals surface area contributed by atoms with Crippen molar-refractivity contribution in [2.75, 3.05) is 57.3 Å². The van der Waals surface area contributed by atoms with E-state index in [0.717, 1.165) is 64.7 Å². The lowest BCUT2D eigenvalue weighted by Crippen LogP contribution is -2.51. The average Bonchev–Trinajstić information content (AvgIpc) is 3.89. The number of hydrogen-bond donors (Lipinski definition) is 3. The van der Waals surface area contributed by atoms with Gasteiger partial charge in [0.15, 0.2) is 5.82 Å². The molecule has 5 atom stereocenters. The van der Waals surface area contributed by atoms with Gasteiger partial charge < -0.3 is 30.7 Å². The number of piperidine rings is 1. The van der Waals surface area contributed by atoms with Crippen LogP contribution in [-0.4, -0.2) is 112 Å². The highest BCUT2D eigenvalue weighted by atomic mass is 19.1. The van der Waals surface area contributed by atoms with Crippen LogP contribution in [0.4, 0.5) is 19.0 Å². The van der Waals surface area contributed by atoms with Crippen molar-refractivity contribution in [3.8, 4) is 23.0 Å². The molecular formula is C47H53F3N8O3. The van der Waals surface area contributed by atoms with Gasteiger partial charge in [-0.1, -0.05) is 25.1 Å². The summed E-state index contributed by atoms with van der Waals surface area (Å²) in [4.78, 5) is 32.7. The first-order valence-electron chi connectivity index (χ1n) is 22.0. The number of carbonyl (C=O) groups is 1. The number of phenols is 1. The van der Waals surface area contributed by atoms with Gasteiger partial charge in [0.1, 0.15) is 41.4 Å². The maximum absolute atomic E-state index is 17.2. The second-order valence-corrected chi connectivity index (χ2v) is 18.2. The van der Waals surface area contributed by atoms with E-state index in [0.29, 0.717) is 77.4 Å². The summed E-state index contributed by atoms with van der Waals surface area (Å²) in [5, 5.41) is 15.9. The number of fused-ring (bicyclic) bond motifs is 5. The smallest absolute Gasteiger partial charge is 0.319 e. The van der Waals surface area contributed by atoms with Crippen molar-refractivity contribution in [2.45, 2.75) is 88.0 Å². The second-order valence-electron chi connectivity index (χ2n) is 18.2. The molecule has 5 saturated heterocycles. The zero-order chi connectivity index (χ0) is 42.0. The van der Waals surface area contributed by atoms with Gasteiger partial charge in [-0.25, -0.2) is 13.2 Å². The van der Waals surface area contributed by atoms with Gasteiger partial charge >= 0.3 is 6.01 Å². The highest BCUT2D eigenvalue weighted by Crippen LogP contribution is 2.45. The number of ether oxygens (including phenoxy) is 1. The van der Waals surface area contributed by atoms with Crippen molar-refractivity contribution in [1.82, 2.24) is 30.1 Å². The summed E-state index contributed by atoms with van der Waals surface area (Å²) in [7, 11) is 0. The first kappa shape index (κ1) is 40.0. The molecule has 2 bridgehead atoms. The van der Waals surface area contributed by atoms with Crippen LogP contribution in [0.1, 0.15) is 79.3 Å². The number of nitrogens with one attached hydrogen (secondary N) is 1. The second kappa shape index (κ2) is 16.0. The van der Waals surface area contributed by atoms with E-state index in [1.54, 1.807) is 18.3 Å². The summed E-state index contributed by atoms with van der Waals surface area (Å²) < 4.78 is 54.1. The molecular weight excluding hydrogens is 782 g/mol. The standard InChI is InChI=1S/C47H53F3N8O3/c1-2-36-39(49)10-7-31-17-35(59)18-37(40(31)36)42-41(50)43-38(21-52-42)45(57-24-33-8-9-34(25-57)53-33)55-46(54-43)61-26-47-19-27(22-58(47)23-32(48)20-47)11-14-56-15-12-29(13-16-56)28-3-5-30(6-4-28)44(51)60/h3-7,10,17-18,21,27,29,32-34,53,59H,2,8-9,11-16,19-20,22-26H2,1H3,(H2,51,60)/t27-,32+,33-,34+,47-/m0/s1. The van der Waals surface area contributed by atoms with Crippen LogP contribution in [0, 0.1) is 17.6 Å². The number of nitrogens with zero attached hydrogens (tertiary/aromatic N) is 6. The fourth-order valence-corrected chi connectivity index (χ4v) is 11.3. The number of likely N-dealkylation sites (tertiary alicyclic amines) is 1. The Labute approximate surface area is 353 Å². The molecule has 320 valence electrons. The topological polar surface area (TPSA) is 133 Å². The average molecular weight is 835 g/mol. The Morgan fingerprint density at radius 2 is 1.75 bits per heavy atom. The molecule has 0 saturated carbocycles. The molecule has 0 unspecified atom stereocenters. The van der Waals surface area contributed by atoms with Crippen LogP contribution in [0.5, 0.6) is 11.8 Å². The van der Waals surface area contributed by atoms with Crippen molar-refractivity contribution in [1.29, 1.82) is 0 Å². The third-order valence-electron chi connectivity index (χ3n) is 14.3. The van der Waals surface area contributed by atoms with Crippen molar-refractivity contribution in [3.05, 3.63) is 83.1 Å². The number of amides is 1. The van der Waals surface area contributed by atoms with Crippen molar-refractivity contribution >= 4 is 33.4 Å². The quantitative estimate of drug-likeness (QED) is 0.129. The minimum atomic E-state index is -0.967. The Morgan fingerprint density at radius 1 is 0.984 bits per heavy atom. The van der Waals surface area contributed by atoms with Crippen molar-refractivity contribution in [2.24, 2.45) is 11.7 Å². The van der Waals surface area contributed by atoms with Gasteiger partial charge in [0, 0.05) is 62.0 Å². The number of benzene rings is 3. The molecule has 1 amide bonds. The number of aryl methyl sites for hydroxylation is 1. The van der Waals surface area contributed by atoms with E-state index < -0.39 is 29.3 Å². The van der Waals surface area contributed by atoms with E-state index >= 15 is 13.2 Å². The predicted octanol–water partition coefficient (Wildman–Crippen LogP) is 6.88. The number of phenolic OH excluding ortho intramolecular Hbond substituents is 1. The SMILES string of the molecule is CCc1c(F)ccc2cc(O)cc(-c3ncc4c(N5C[C@H]6CC[C@@H](C5)N6)nc(OC[C@]56C[C@@H](F)CN5C[C@@H](CCN5CCC(c7ccc(C(N)=O)cc7)CC5)C6)nc4c3F)c12. The van der Waals surface area contributed by atoms with Crippen LogP contribution >= 0.6 is 0 Å². The summed E-state index contributed by atoms with van der Waals surface area (Å²) in [6.45, 7) is 7.52. The third-order valence-corrected chi connectivity index (χ3v) is 14.3. The largest absolute Gasteiger partial charge is 0.508 e. The van der Waals surface area contributed by atoms with Gasteiger partial charge in [0.2, 0.25) is 5.91 Å². The molecule has 5 fully saturated rings. The zero-order valence-corrected chi connectivity index (χ0v) is 34.6. The van der Waals surface area contributed by atoms with Crippen LogP contribution in [0.3, 0.4) is 0 Å². The zero-order valence-electron chi connectivity index (χ0n) is 34.6. The maximum Gasteiger partial charge on any atom is 0.319 e. The lowest BCUT2D eigenvalue weighted by Gasteiger charge is -2.34. The van der Waals surface area contributed by atoms with Crippen molar-refractivity contribution < 1.29 is 27.8 Å². The van der Waals surface area contributed by atoms with Gasteiger partial charge in [0.05, 0.1) is 10.9 Å². The van der Waals surface area contributed by atoms with E-state index in [9.17, 15) is 9.90 Å². The van der Waals surface area contributed by atoms with Crippen LogP contribution < -0.4 is 20.7 Å². The number of pyridine rings is 1. The first-order valence-corrected chi connectivity index (χ1v) is 22.0. The number of aromatic hydroxyl groups is 1. The van der Waals surface area contributed by atoms with Gasteiger partial charge in [-0.2, -0.15) is 9.97 Å². The Morgan fingerprint density at radius 3 is 2.49 bits per heavy atom. The number of anilines is 1. The van der Waals surface area contributed by atoms with E-state index in [4.69, 9.17) is 20.4 Å². The van der Waals surface area contributed by atoms with Gasteiger partial charge in [-0.05, 0) is 129 Å². The summed E-state index contributed by atoms with van der Waals surface area (Å²) in [5.74, 6) is -0.244. The minimum Gasteiger partial charge on any atom is -0.508 e. The molecule has 0 spiro atoms. The number of primary amides is 1. The molecule has 7 heterocycles. The maximum atomic E-state index is 17.2. The van der Waals surface area contributed by atoms with Crippen LogP contribution in [0.25, 0.3) is 32.9 Å². The number of alkyl halides is 1. The fraction of sp³-hybridized carbons (Fsp3) is 0.489. The third kappa shape index (κ3) is 7.54. The van der Waals surface area contributed by atoms with Gasteiger partial charge in [0.25, 0.3) is 0 Å². The molecule has 5 aliphatic rings. The van der Waals surface area contributed by atoms with Crippen LogP contribution in [0.15, 0.2) is 54.7 Å². The number of rotatable bonds is 11. The molecule has 14 heteroatoms. The Kier molecular flexibility index (Phi) is 10.5. The lowest BCUT2D eigenvalue weighted by molar-refractivity contribution is 0.1000. The molecule has 2 aromatic heterocycles. The molecule has 4 N–H and O–H groups in total. The molecule has 0 aliphatic carbocycles. The number of carbonyl (C=O) groups excluding carboxylic acids is 1. The normalized spacial score (nSPS) is 25.8. The van der Waals surface area contributed by atoms with E-state index in [2.05, 4.69) is 25.0 Å². The molecule has 61 heavy (non-hydrogen) atoms. The summed E-state index contributed by atoms with van der Waals surface area (Å²) in [6, 6.07) is 14.2. The molecule has 3 aromatic carbocycles. The Hall–Kier alpha value is -5.05. The van der Waals surface area contributed by atoms with E-state index in [1.807, 2.05) is 31.2 Å². The fourth-order valence-electron chi connectivity index (χ4n) is 11.3. The van der Waals surface area contributed by atoms with Crippen molar-refractivity contribution in [3.63, 3.8) is 0 Å². The monoisotopic (exact) mass is 834 g/mol. The first-order chi connectivity index (χ1) is 29.5. The Balaban J connectivity index is 0.899. The molecule has 0 radical (unpaired) electrons. The summed E-state index contributed by atoms with van der Waals surface area (Å²) in [6.07, 6.45) is 7.32. The Bertz CT molecular complexity index is 2470. The number of halogens is 3. The number of nitrogens with two attached hydrogens (primary N) is 1. The van der Waals surface area contributed by atoms with E-state index in [-0.39, 0.29) is 47.2 Å². The van der Waals surface area contributed by atoms with E-state index in [1.165, 1.54) is 17.7 Å². The predicted molar refractivity (Wildman–Crippen MR) is 229 cm³/mol. The number of hydrogen-bond acceptors (Lipinski definition) is 10. The van der Waals surface area contributed by atoms with Crippen LogP contribution in [-0.2, 0) is 6.42 Å². The molecule has 5 aromatic rings. The highest BCUT2D eigenvalue weighted by Gasteiger charge is 2.52. The minimum absolute atomic E-state index is 0.0257. The van der Waals surface area contributed by atoms with Gasteiger partial charge in [-0.3, -0.25) is 14.7 Å². The summed E-state index contributed by atoms with van der Waals surface area (Å²) >= 11 is 0. The van der Waals surface area contributed by atoms with Gasteiger partial charge in [-0.15, -0.1) is 0 Å². The lowest BCUT2D eigenvalue weighted by atomic mass is 9.87. The molecule has 5 aliphatic heterocycles. The van der Waals surface area contributed by atoms with Crippen LogP contribution in [0.2, 0.25) is 0 Å². The summed E-state index contributed by atoms with van der Waals surface area (Å²) in [5.41, 5.74) is 7.36. The molecule has 10 rings (SSSR count). The number of aromatic nitrogens is 3. The number of piperazine rings is 1. The molecule has 11 nitrogen and oxygen atoms in total.